The van der Waals surface area contributed by atoms with Gasteiger partial charge in [-0.3, -0.25) is 9.89 Å². The Labute approximate surface area is 191 Å². The maximum Gasteiger partial charge on any atom is 0.193 e. The number of guanidine groups is 1. The highest BCUT2D eigenvalue weighted by molar-refractivity contribution is 5.80. The zero-order valence-corrected chi connectivity index (χ0v) is 19.4. The van der Waals surface area contributed by atoms with Crippen molar-refractivity contribution in [2.75, 3.05) is 60.6 Å². The smallest absolute Gasteiger partial charge is 0.193 e. The van der Waals surface area contributed by atoms with Crippen molar-refractivity contribution < 1.29 is 14.2 Å². The lowest BCUT2D eigenvalue weighted by Crippen LogP contribution is -2.52. The van der Waals surface area contributed by atoms with Gasteiger partial charge in [-0.25, -0.2) is 0 Å². The number of piperazine rings is 1. The molecule has 2 heterocycles. The third kappa shape index (κ3) is 5.27. The van der Waals surface area contributed by atoms with Gasteiger partial charge in [0.1, 0.15) is 17.2 Å². The molecule has 0 aromatic heterocycles. The lowest BCUT2D eigenvalue weighted by atomic mass is 10.1. The van der Waals surface area contributed by atoms with Crippen LogP contribution < -0.4 is 19.5 Å². The van der Waals surface area contributed by atoms with Gasteiger partial charge in [-0.05, 0) is 41.8 Å². The fourth-order valence-corrected chi connectivity index (χ4v) is 4.41. The van der Waals surface area contributed by atoms with E-state index in [0.29, 0.717) is 0 Å². The van der Waals surface area contributed by atoms with Crippen LogP contribution in [0.3, 0.4) is 0 Å². The quantitative estimate of drug-likeness (QED) is 0.530. The molecule has 1 fully saturated rings. The molecule has 1 N–H and O–H groups in total. The summed E-state index contributed by atoms with van der Waals surface area (Å²) in [5, 5.41) is 3.54. The summed E-state index contributed by atoms with van der Waals surface area (Å²) in [6.45, 7) is 6.37. The van der Waals surface area contributed by atoms with Crippen LogP contribution in [0, 0.1) is 0 Å². The van der Waals surface area contributed by atoms with E-state index in [0.717, 1.165) is 87.5 Å². The van der Waals surface area contributed by atoms with E-state index in [1.807, 2.05) is 19.2 Å². The third-order valence-electron chi connectivity index (χ3n) is 6.22. The van der Waals surface area contributed by atoms with Gasteiger partial charge in [0.2, 0.25) is 0 Å². The molecule has 0 aliphatic carbocycles. The van der Waals surface area contributed by atoms with Crippen LogP contribution in [0.1, 0.15) is 16.7 Å². The minimum atomic E-state index is 0.806. The monoisotopic (exact) mass is 438 g/mol. The highest BCUT2D eigenvalue weighted by Gasteiger charge is 2.21. The molecule has 2 aliphatic heterocycles. The number of nitrogens with zero attached hydrogens (tertiary/aromatic N) is 3. The number of hydrogen-bond acceptors (Lipinski definition) is 5. The maximum atomic E-state index is 5.60. The fraction of sp³-hybridized carbons (Fsp3) is 0.480. The first-order chi connectivity index (χ1) is 15.7. The topological polar surface area (TPSA) is 58.6 Å². The number of nitrogens with one attached hydrogen (secondary N) is 1. The van der Waals surface area contributed by atoms with E-state index in [1.165, 1.54) is 11.1 Å². The van der Waals surface area contributed by atoms with Gasteiger partial charge >= 0.3 is 0 Å². The van der Waals surface area contributed by atoms with Gasteiger partial charge in [0.05, 0.1) is 20.8 Å². The van der Waals surface area contributed by atoms with E-state index in [2.05, 4.69) is 44.4 Å². The molecule has 0 atom stereocenters. The molecule has 0 spiro atoms. The van der Waals surface area contributed by atoms with E-state index in [4.69, 9.17) is 14.2 Å². The zero-order valence-electron chi connectivity index (χ0n) is 19.4. The van der Waals surface area contributed by atoms with Crippen molar-refractivity contribution in [2.45, 2.75) is 19.4 Å². The average Bonchev–Trinajstić information content (AvgIpc) is 3.30. The largest absolute Gasteiger partial charge is 0.497 e. The van der Waals surface area contributed by atoms with Crippen LogP contribution in [0.15, 0.2) is 41.4 Å². The summed E-state index contributed by atoms with van der Waals surface area (Å²) in [4.78, 5) is 9.31. The Kier molecular flexibility index (Phi) is 7.37. The average molecular weight is 439 g/mol. The van der Waals surface area contributed by atoms with Crippen LogP contribution in [-0.2, 0) is 19.4 Å². The number of hydrogen-bond donors (Lipinski definition) is 1. The first kappa shape index (κ1) is 22.3. The van der Waals surface area contributed by atoms with Crippen molar-refractivity contribution in [3.05, 3.63) is 53.1 Å². The van der Waals surface area contributed by atoms with Crippen molar-refractivity contribution in [2.24, 2.45) is 4.99 Å². The number of aliphatic imine (C=N–C) groups is 1. The normalized spacial score (nSPS) is 16.5. The SMILES string of the molecule is CN=C(NCCc1ccc2c(c1)CCO2)N1CCN(Cc2cc(OC)ccc2OC)CC1. The second-order valence-electron chi connectivity index (χ2n) is 8.21. The van der Waals surface area contributed by atoms with E-state index >= 15 is 0 Å². The summed E-state index contributed by atoms with van der Waals surface area (Å²) in [5.74, 6) is 3.79. The Morgan fingerprint density at radius 2 is 1.91 bits per heavy atom. The first-order valence-corrected chi connectivity index (χ1v) is 11.3. The number of fused-ring (bicyclic) bond motifs is 1. The molecule has 32 heavy (non-hydrogen) atoms. The Balaban J connectivity index is 1.26. The van der Waals surface area contributed by atoms with Gasteiger partial charge in [0.25, 0.3) is 0 Å². The Morgan fingerprint density at radius 3 is 2.66 bits per heavy atom. The minimum Gasteiger partial charge on any atom is -0.497 e. The number of rotatable bonds is 7. The van der Waals surface area contributed by atoms with Crippen LogP contribution in [0.2, 0.25) is 0 Å². The Bertz CT molecular complexity index is 939. The molecule has 2 aliphatic rings. The van der Waals surface area contributed by atoms with Crippen molar-refractivity contribution in [1.82, 2.24) is 15.1 Å². The number of methoxy groups -OCH3 is 2. The summed E-state index contributed by atoms with van der Waals surface area (Å²) in [7, 11) is 5.28. The number of benzene rings is 2. The Hall–Kier alpha value is -2.93. The van der Waals surface area contributed by atoms with Gasteiger partial charge < -0.3 is 24.4 Å². The molecule has 0 bridgehead atoms. The van der Waals surface area contributed by atoms with Crippen LogP contribution in [0.4, 0.5) is 0 Å². The van der Waals surface area contributed by atoms with Crippen LogP contribution >= 0.6 is 0 Å². The zero-order chi connectivity index (χ0) is 22.3. The summed E-state index contributed by atoms with van der Waals surface area (Å²) >= 11 is 0. The van der Waals surface area contributed by atoms with Gasteiger partial charge in [0, 0.05) is 58.3 Å². The molecule has 172 valence electrons. The van der Waals surface area contributed by atoms with Gasteiger partial charge in [0.15, 0.2) is 5.96 Å². The van der Waals surface area contributed by atoms with Crippen LogP contribution in [0.25, 0.3) is 0 Å². The lowest BCUT2D eigenvalue weighted by Gasteiger charge is -2.36. The fourth-order valence-electron chi connectivity index (χ4n) is 4.41. The molecular formula is C25H34N4O3. The molecule has 2 aromatic carbocycles. The molecule has 7 nitrogen and oxygen atoms in total. The number of ether oxygens (including phenoxy) is 3. The van der Waals surface area contributed by atoms with Crippen molar-refractivity contribution in [1.29, 1.82) is 0 Å². The molecular weight excluding hydrogens is 404 g/mol. The van der Waals surface area contributed by atoms with Gasteiger partial charge in [-0.2, -0.15) is 0 Å². The Morgan fingerprint density at radius 1 is 1.06 bits per heavy atom. The predicted molar refractivity (Wildman–Crippen MR) is 127 cm³/mol. The molecule has 4 rings (SSSR count). The molecule has 0 unspecified atom stereocenters. The van der Waals surface area contributed by atoms with Crippen molar-refractivity contribution in [3.63, 3.8) is 0 Å². The van der Waals surface area contributed by atoms with E-state index in [9.17, 15) is 0 Å². The van der Waals surface area contributed by atoms with Crippen LogP contribution in [0.5, 0.6) is 17.2 Å². The van der Waals surface area contributed by atoms with E-state index < -0.39 is 0 Å². The summed E-state index contributed by atoms with van der Waals surface area (Å²) in [6.07, 6.45) is 1.99. The molecule has 2 aromatic rings. The van der Waals surface area contributed by atoms with Gasteiger partial charge in [-0.1, -0.05) is 12.1 Å². The van der Waals surface area contributed by atoms with E-state index in [1.54, 1.807) is 14.2 Å². The van der Waals surface area contributed by atoms with Crippen LogP contribution in [-0.4, -0.2) is 76.4 Å². The van der Waals surface area contributed by atoms with Gasteiger partial charge in [-0.15, -0.1) is 0 Å². The molecule has 7 heteroatoms. The lowest BCUT2D eigenvalue weighted by molar-refractivity contribution is 0.171. The minimum absolute atomic E-state index is 0.806. The summed E-state index contributed by atoms with van der Waals surface area (Å²) < 4.78 is 16.5. The van der Waals surface area contributed by atoms with Crippen molar-refractivity contribution >= 4 is 5.96 Å². The van der Waals surface area contributed by atoms with Crippen molar-refractivity contribution in [3.8, 4) is 17.2 Å². The summed E-state index contributed by atoms with van der Waals surface area (Å²) in [6, 6.07) is 12.5. The standard InChI is InChI=1S/C25H34N4O3/c1-26-25(27-10-8-19-4-6-24-20(16-19)9-15-32-24)29-13-11-28(12-14-29)18-21-17-22(30-2)5-7-23(21)31-3/h4-7,16-17H,8-15,18H2,1-3H3,(H,26,27). The second kappa shape index (κ2) is 10.6. The maximum absolute atomic E-state index is 5.60. The van der Waals surface area contributed by atoms with E-state index in [-0.39, 0.29) is 0 Å². The molecule has 0 saturated carbocycles. The molecule has 0 radical (unpaired) electrons. The molecule has 0 amide bonds. The highest BCUT2D eigenvalue weighted by Crippen LogP contribution is 2.26. The third-order valence-corrected chi connectivity index (χ3v) is 6.22. The second-order valence-corrected chi connectivity index (χ2v) is 8.21. The predicted octanol–water partition coefficient (Wildman–Crippen LogP) is 2.57. The molecule has 1 saturated heterocycles. The summed E-state index contributed by atoms with van der Waals surface area (Å²) in [5.41, 5.74) is 3.83. The first-order valence-electron chi connectivity index (χ1n) is 11.3. The highest BCUT2D eigenvalue weighted by atomic mass is 16.5.